The van der Waals surface area contributed by atoms with Crippen molar-refractivity contribution in [3.63, 3.8) is 0 Å². The number of carbonyl (C=O) groups excluding carboxylic acids is 3. The van der Waals surface area contributed by atoms with Crippen LogP contribution in [0.3, 0.4) is 0 Å². The van der Waals surface area contributed by atoms with E-state index in [4.69, 9.17) is 0 Å². The SMILES string of the molecule is Cc1cc(NC(=O)CN2C(=O)CN(C)C2=O)ccc1Br. The van der Waals surface area contributed by atoms with Crippen LogP contribution >= 0.6 is 15.9 Å². The Labute approximate surface area is 124 Å². The highest BCUT2D eigenvalue weighted by molar-refractivity contribution is 9.10. The normalized spacial score (nSPS) is 14.9. The molecule has 4 amide bonds. The summed E-state index contributed by atoms with van der Waals surface area (Å²) in [6.45, 7) is 1.66. The van der Waals surface area contributed by atoms with E-state index >= 15 is 0 Å². The molecule has 0 saturated carbocycles. The van der Waals surface area contributed by atoms with E-state index in [1.807, 2.05) is 19.1 Å². The maximum absolute atomic E-state index is 11.9. The molecule has 1 aromatic rings. The van der Waals surface area contributed by atoms with Crippen LogP contribution in [0.5, 0.6) is 0 Å². The van der Waals surface area contributed by atoms with Gasteiger partial charge in [-0.05, 0) is 30.7 Å². The molecule has 1 N–H and O–H groups in total. The Morgan fingerprint density at radius 1 is 1.40 bits per heavy atom. The number of nitrogens with one attached hydrogen (secondary N) is 1. The molecular formula is C13H14BrN3O3. The number of imide groups is 1. The molecule has 0 radical (unpaired) electrons. The summed E-state index contributed by atoms with van der Waals surface area (Å²) in [7, 11) is 1.52. The van der Waals surface area contributed by atoms with Crippen molar-refractivity contribution >= 4 is 39.5 Å². The molecular weight excluding hydrogens is 326 g/mol. The highest BCUT2D eigenvalue weighted by atomic mass is 79.9. The summed E-state index contributed by atoms with van der Waals surface area (Å²) in [5.74, 6) is -0.761. The molecule has 7 heteroatoms. The second-order valence-electron chi connectivity index (χ2n) is 4.63. The first kappa shape index (κ1) is 14.5. The molecule has 6 nitrogen and oxygen atoms in total. The van der Waals surface area contributed by atoms with Gasteiger partial charge in [-0.2, -0.15) is 0 Å². The molecule has 1 saturated heterocycles. The number of hydrogen-bond acceptors (Lipinski definition) is 3. The van der Waals surface area contributed by atoms with Crippen LogP contribution in [0.2, 0.25) is 0 Å². The highest BCUT2D eigenvalue weighted by Gasteiger charge is 2.34. The largest absolute Gasteiger partial charge is 0.327 e. The van der Waals surface area contributed by atoms with E-state index in [-0.39, 0.29) is 19.0 Å². The van der Waals surface area contributed by atoms with Crippen LogP contribution in [0, 0.1) is 6.92 Å². The van der Waals surface area contributed by atoms with Gasteiger partial charge in [-0.1, -0.05) is 15.9 Å². The van der Waals surface area contributed by atoms with Gasteiger partial charge in [0.1, 0.15) is 13.1 Å². The molecule has 0 aromatic heterocycles. The van der Waals surface area contributed by atoms with Crippen molar-refractivity contribution in [2.75, 3.05) is 25.5 Å². The smallest absolute Gasteiger partial charge is 0.325 e. The molecule has 0 unspecified atom stereocenters. The number of urea groups is 1. The van der Waals surface area contributed by atoms with Gasteiger partial charge in [0.05, 0.1) is 0 Å². The zero-order valence-electron chi connectivity index (χ0n) is 11.1. The number of benzene rings is 1. The van der Waals surface area contributed by atoms with Gasteiger partial charge in [0.15, 0.2) is 0 Å². The fraction of sp³-hybridized carbons (Fsp3) is 0.308. The lowest BCUT2D eigenvalue weighted by Crippen LogP contribution is -2.38. The number of hydrogen-bond donors (Lipinski definition) is 1. The molecule has 20 heavy (non-hydrogen) atoms. The molecule has 1 heterocycles. The van der Waals surface area contributed by atoms with Gasteiger partial charge in [-0.3, -0.25) is 14.5 Å². The molecule has 106 valence electrons. The van der Waals surface area contributed by atoms with Gasteiger partial charge in [-0.25, -0.2) is 4.79 Å². The third-order valence-corrected chi connectivity index (χ3v) is 3.86. The van der Waals surface area contributed by atoms with Crippen molar-refractivity contribution in [3.05, 3.63) is 28.2 Å². The zero-order chi connectivity index (χ0) is 14.9. The predicted molar refractivity (Wildman–Crippen MR) is 77.2 cm³/mol. The minimum Gasteiger partial charge on any atom is -0.325 e. The van der Waals surface area contributed by atoms with Crippen LogP contribution in [-0.2, 0) is 9.59 Å². The molecule has 0 atom stereocenters. The van der Waals surface area contributed by atoms with Crippen molar-refractivity contribution in [2.45, 2.75) is 6.92 Å². The number of aryl methyl sites for hydroxylation is 1. The topological polar surface area (TPSA) is 69.7 Å². The van der Waals surface area contributed by atoms with Crippen LogP contribution in [-0.4, -0.2) is 47.8 Å². The highest BCUT2D eigenvalue weighted by Crippen LogP contribution is 2.20. The van der Waals surface area contributed by atoms with Crippen molar-refractivity contribution in [1.29, 1.82) is 0 Å². The second kappa shape index (κ2) is 5.62. The van der Waals surface area contributed by atoms with Gasteiger partial charge in [0.2, 0.25) is 5.91 Å². The summed E-state index contributed by atoms with van der Waals surface area (Å²) in [6.07, 6.45) is 0. The van der Waals surface area contributed by atoms with Crippen LogP contribution in [0.15, 0.2) is 22.7 Å². The van der Waals surface area contributed by atoms with Gasteiger partial charge in [0, 0.05) is 17.2 Å². The first-order chi connectivity index (χ1) is 9.38. The number of likely N-dealkylation sites (N-methyl/N-ethyl adjacent to an activating group) is 1. The number of anilines is 1. The van der Waals surface area contributed by atoms with Crippen LogP contribution in [0.25, 0.3) is 0 Å². The van der Waals surface area contributed by atoms with Crippen LogP contribution in [0.1, 0.15) is 5.56 Å². The van der Waals surface area contributed by atoms with E-state index in [0.717, 1.165) is 14.9 Å². The fourth-order valence-electron chi connectivity index (χ4n) is 1.89. The van der Waals surface area contributed by atoms with E-state index in [2.05, 4.69) is 21.2 Å². The van der Waals surface area contributed by atoms with Crippen molar-refractivity contribution in [3.8, 4) is 0 Å². The summed E-state index contributed by atoms with van der Waals surface area (Å²) < 4.78 is 0.946. The second-order valence-corrected chi connectivity index (χ2v) is 5.48. The maximum Gasteiger partial charge on any atom is 0.327 e. The van der Waals surface area contributed by atoms with E-state index in [1.165, 1.54) is 11.9 Å². The minimum atomic E-state index is -0.447. The molecule has 0 aliphatic carbocycles. The molecule has 1 aliphatic rings. The number of halogens is 1. The van der Waals surface area contributed by atoms with Crippen LogP contribution in [0.4, 0.5) is 10.5 Å². The Bertz CT molecular complexity index is 588. The molecule has 2 rings (SSSR count). The van der Waals surface area contributed by atoms with E-state index < -0.39 is 11.9 Å². The van der Waals surface area contributed by atoms with Crippen molar-refractivity contribution in [1.82, 2.24) is 9.80 Å². The Morgan fingerprint density at radius 2 is 2.10 bits per heavy atom. The van der Waals surface area contributed by atoms with Gasteiger partial charge in [0.25, 0.3) is 5.91 Å². The molecule has 1 aromatic carbocycles. The third kappa shape index (κ3) is 2.98. The quantitative estimate of drug-likeness (QED) is 0.850. The summed E-state index contributed by atoms with van der Waals surface area (Å²) in [6, 6.07) is 4.93. The first-order valence-corrected chi connectivity index (χ1v) is 6.79. The predicted octanol–water partition coefficient (Wildman–Crippen LogP) is 1.59. The Kier molecular flexibility index (Phi) is 4.08. The molecule has 0 spiro atoms. The van der Waals surface area contributed by atoms with Gasteiger partial charge < -0.3 is 10.2 Å². The van der Waals surface area contributed by atoms with E-state index in [9.17, 15) is 14.4 Å². The first-order valence-electron chi connectivity index (χ1n) is 6.00. The Hall–Kier alpha value is -1.89. The van der Waals surface area contributed by atoms with Gasteiger partial charge >= 0.3 is 6.03 Å². The third-order valence-electron chi connectivity index (χ3n) is 2.97. The Balaban J connectivity index is 2.00. The average Bonchev–Trinajstić information content (AvgIpc) is 2.61. The average molecular weight is 340 g/mol. The lowest BCUT2D eigenvalue weighted by atomic mass is 10.2. The summed E-state index contributed by atoms with van der Waals surface area (Å²) >= 11 is 3.37. The Morgan fingerprint density at radius 3 is 2.65 bits per heavy atom. The van der Waals surface area contributed by atoms with Crippen molar-refractivity contribution in [2.24, 2.45) is 0 Å². The molecule has 1 fully saturated rings. The monoisotopic (exact) mass is 339 g/mol. The van der Waals surface area contributed by atoms with Crippen LogP contribution < -0.4 is 5.32 Å². The lowest BCUT2D eigenvalue weighted by molar-refractivity contribution is -0.129. The molecule has 1 aliphatic heterocycles. The van der Waals surface area contributed by atoms with Gasteiger partial charge in [-0.15, -0.1) is 0 Å². The number of rotatable bonds is 3. The van der Waals surface area contributed by atoms with E-state index in [0.29, 0.717) is 5.69 Å². The maximum atomic E-state index is 11.9. The molecule has 0 bridgehead atoms. The van der Waals surface area contributed by atoms with E-state index in [1.54, 1.807) is 6.07 Å². The number of carbonyl (C=O) groups is 3. The fourth-order valence-corrected chi connectivity index (χ4v) is 2.14. The van der Waals surface area contributed by atoms with Crippen molar-refractivity contribution < 1.29 is 14.4 Å². The minimum absolute atomic E-state index is 0.0174. The summed E-state index contributed by atoms with van der Waals surface area (Å²) in [5.41, 5.74) is 1.61. The summed E-state index contributed by atoms with van der Waals surface area (Å²) in [5, 5.41) is 2.67. The standard InChI is InChI=1S/C13H14BrN3O3/c1-8-5-9(3-4-10(8)14)15-11(18)6-17-12(19)7-16(2)13(17)20/h3-5H,6-7H2,1-2H3,(H,15,18). The number of amides is 4. The number of nitrogens with zero attached hydrogens (tertiary/aromatic N) is 2. The lowest BCUT2D eigenvalue weighted by Gasteiger charge is -2.14. The summed E-state index contributed by atoms with van der Waals surface area (Å²) in [4.78, 5) is 37.3. The zero-order valence-corrected chi connectivity index (χ0v) is 12.7.